The standard InChI is InChI=1S/C17H20BrNS/c1-3-19-13(2)15-7-9-17(10-8-15)20-12-14-5-4-6-16(18)11-14/h4-11,13,19H,3,12H2,1-2H3. The molecule has 0 aromatic heterocycles. The molecule has 1 nitrogen and oxygen atoms in total. The first kappa shape index (κ1) is 15.6. The molecule has 3 heteroatoms. The number of halogens is 1. The Bertz CT molecular complexity index is 539. The van der Waals surface area contributed by atoms with Crippen molar-refractivity contribution in [1.29, 1.82) is 0 Å². The van der Waals surface area contributed by atoms with E-state index in [1.165, 1.54) is 16.0 Å². The molecule has 0 aliphatic heterocycles. The predicted octanol–water partition coefficient (Wildman–Crippen LogP) is 5.41. The Labute approximate surface area is 134 Å². The van der Waals surface area contributed by atoms with E-state index >= 15 is 0 Å². The van der Waals surface area contributed by atoms with Crippen molar-refractivity contribution in [3.05, 3.63) is 64.1 Å². The zero-order chi connectivity index (χ0) is 14.4. The van der Waals surface area contributed by atoms with E-state index in [9.17, 15) is 0 Å². The van der Waals surface area contributed by atoms with Crippen LogP contribution in [0, 0.1) is 0 Å². The van der Waals surface area contributed by atoms with Gasteiger partial charge in [-0.2, -0.15) is 0 Å². The van der Waals surface area contributed by atoms with Crippen LogP contribution >= 0.6 is 27.7 Å². The highest BCUT2D eigenvalue weighted by atomic mass is 79.9. The molecule has 0 saturated carbocycles. The normalized spacial score (nSPS) is 12.3. The maximum absolute atomic E-state index is 3.51. The summed E-state index contributed by atoms with van der Waals surface area (Å²) in [6.45, 7) is 5.34. The summed E-state index contributed by atoms with van der Waals surface area (Å²) in [4.78, 5) is 1.32. The lowest BCUT2D eigenvalue weighted by Crippen LogP contribution is -2.17. The molecule has 1 N–H and O–H groups in total. The molecular weight excluding hydrogens is 330 g/mol. The molecule has 0 radical (unpaired) electrons. The van der Waals surface area contributed by atoms with E-state index in [4.69, 9.17) is 0 Å². The topological polar surface area (TPSA) is 12.0 Å². The second-order valence-electron chi connectivity index (χ2n) is 4.77. The Morgan fingerprint density at radius 3 is 2.55 bits per heavy atom. The summed E-state index contributed by atoms with van der Waals surface area (Å²) < 4.78 is 1.14. The largest absolute Gasteiger partial charge is 0.310 e. The first-order chi connectivity index (χ1) is 9.69. The number of nitrogens with one attached hydrogen (secondary N) is 1. The Morgan fingerprint density at radius 1 is 1.15 bits per heavy atom. The van der Waals surface area contributed by atoms with Crippen molar-refractivity contribution < 1.29 is 0 Å². The van der Waals surface area contributed by atoms with Crippen LogP contribution in [0.15, 0.2) is 57.9 Å². The molecular formula is C17H20BrNS. The molecule has 0 bridgehead atoms. The third kappa shape index (κ3) is 4.65. The Hall–Kier alpha value is -0.770. The van der Waals surface area contributed by atoms with E-state index in [1.807, 2.05) is 11.8 Å². The van der Waals surface area contributed by atoms with Crippen LogP contribution in [0.5, 0.6) is 0 Å². The monoisotopic (exact) mass is 349 g/mol. The van der Waals surface area contributed by atoms with E-state index < -0.39 is 0 Å². The van der Waals surface area contributed by atoms with Crippen LogP contribution in [0.3, 0.4) is 0 Å². The molecule has 0 aliphatic rings. The van der Waals surface area contributed by atoms with Gasteiger partial charge in [0.25, 0.3) is 0 Å². The van der Waals surface area contributed by atoms with E-state index in [-0.39, 0.29) is 0 Å². The van der Waals surface area contributed by atoms with Gasteiger partial charge in [0.05, 0.1) is 0 Å². The molecule has 0 fully saturated rings. The summed E-state index contributed by atoms with van der Waals surface area (Å²) in [5.74, 6) is 1.00. The Morgan fingerprint density at radius 2 is 1.90 bits per heavy atom. The van der Waals surface area contributed by atoms with E-state index in [1.54, 1.807) is 0 Å². The van der Waals surface area contributed by atoms with Gasteiger partial charge in [-0.3, -0.25) is 0 Å². The van der Waals surface area contributed by atoms with Gasteiger partial charge >= 0.3 is 0 Å². The van der Waals surface area contributed by atoms with Crippen LogP contribution < -0.4 is 5.32 Å². The Balaban J connectivity index is 1.94. The summed E-state index contributed by atoms with van der Waals surface area (Å²) in [5.41, 5.74) is 2.69. The minimum atomic E-state index is 0.420. The van der Waals surface area contributed by atoms with Crippen molar-refractivity contribution >= 4 is 27.7 Å². The van der Waals surface area contributed by atoms with Crippen molar-refractivity contribution in [2.75, 3.05) is 6.54 Å². The zero-order valence-corrected chi connectivity index (χ0v) is 14.3. The van der Waals surface area contributed by atoms with Crippen LogP contribution in [0.1, 0.15) is 31.0 Å². The summed E-state index contributed by atoms with van der Waals surface area (Å²) in [6.07, 6.45) is 0. The lowest BCUT2D eigenvalue weighted by Gasteiger charge is -2.13. The maximum Gasteiger partial charge on any atom is 0.0291 e. The summed E-state index contributed by atoms with van der Waals surface area (Å²) in [5, 5.41) is 3.43. The van der Waals surface area contributed by atoms with Crippen LogP contribution in [-0.4, -0.2) is 6.54 Å². The van der Waals surface area contributed by atoms with Gasteiger partial charge in [0.1, 0.15) is 0 Å². The number of hydrogen-bond acceptors (Lipinski definition) is 2. The van der Waals surface area contributed by atoms with Crippen molar-refractivity contribution in [3.8, 4) is 0 Å². The van der Waals surface area contributed by atoms with Crippen molar-refractivity contribution in [3.63, 3.8) is 0 Å². The molecule has 1 atom stereocenters. The molecule has 0 aliphatic carbocycles. The zero-order valence-electron chi connectivity index (χ0n) is 11.9. The highest BCUT2D eigenvalue weighted by Crippen LogP contribution is 2.25. The number of rotatable bonds is 6. The summed E-state index contributed by atoms with van der Waals surface area (Å²) >= 11 is 5.39. The lowest BCUT2D eigenvalue weighted by molar-refractivity contribution is 0.598. The van der Waals surface area contributed by atoms with Gasteiger partial charge in [-0.1, -0.05) is 47.1 Å². The molecule has 20 heavy (non-hydrogen) atoms. The first-order valence-corrected chi connectivity index (χ1v) is 8.67. The third-order valence-electron chi connectivity index (χ3n) is 3.18. The highest BCUT2D eigenvalue weighted by molar-refractivity contribution is 9.10. The fourth-order valence-electron chi connectivity index (χ4n) is 2.07. The van der Waals surface area contributed by atoms with Gasteiger partial charge in [-0.25, -0.2) is 0 Å². The van der Waals surface area contributed by atoms with Crippen LogP contribution in [-0.2, 0) is 5.75 Å². The quantitative estimate of drug-likeness (QED) is 0.699. The third-order valence-corrected chi connectivity index (χ3v) is 4.76. The minimum Gasteiger partial charge on any atom is -0.310 e. The molecule has 106 valence electrons. The average molecular weight is 350 g/mol. The van der Waals surface area contributed by atoms with Crippen LogP contribution in [0.4, 0.5) is 0 Å². The van der Waals surface area contributed by atoms with Crippen molar-refractivity contribution in [1.82, 2.24) is 5.32 Å². The predicted molar refractivity (Wildman–Crippen MR) is 92.2 cm³/mol. The molecule has 0 saturated heterocycles. The van der Waals surface area contributed by atoms with Crippen molar-refractivity contribution in [2.24, 2.45) is 0 Å². The molecule has 2 aromatic rings. The molecule has 2 aromatic carbocycles. The number of hydrogen-bond donors (Lipinski definition) is 1. The van der Waals surface area contributed by atoms with Crippen LogP contribution in [0.25, 0.3) is 0 Å². The number of benzene rings is 2. The van der Waals surface area contributed by atoms with E-state index in [0.29, 0.717) is 6.04 Å². The molecule has 0 spiro atoms. The fraction of sp³-hybridized carbons (Fsp3) is 0.294. The second kappa shape index (κ2) is 7.87. The molecule has 0 heterocycles. The molecule has 0 amide bonds. The summed E-state index contributed by atoms with van der Waals surface area (Å²) in [7, 11) is 0. The average Bonchev–Trinajstić information content (AvgIpc) is 2.46. The van der Waals surface area contributed by atoms with E-state index in [0.717, 1.165) is 16.8 Å². The minimum absolute atomic E-state index is 0.420. The smallest absolute Gasteiger partial charge is 0.0291 e. The van der Waals surface area contributed by atoms with Gasteiger partial charge in [-0.15, -0.1) is 11.8 Å². The highest BCUT2D eigenvalue weighted by Gasteiger charge is 2.03. The number of thioether (sulfide) groups is 1. The van der Waals surface area contributed by atoms with Crippen LogP contribution in [0.2, 0.25) is 0 Å². The molecule has 2 rings (SSSR count). The summed E-state index contributed by atoms with van der Waals surface area (Å²) in [6, 6.07) is 17.8. The molecule has 1 unspecified atom stereocenters. The van der Waals surface area contributed by atoms with Gasteiger partial charge in [0.2, 0.25) is 0 Å². The SMILES string of the molecule is CCNC(C)c1ccc(SCc2cccc(Br)c2)cc1. The van der Waals surface area contributed by atoms with Gasteiger partial charge < -0.3 is 5.32 Å². The lowest BCUT2D eigenvalue weighted by atomic mass is 10.1. The van der Waals surface area contributed by atoms with Crippen molar-refractivity contribution in [2.45, 2.75) is 30.5 Å². The first-order valence-electron chi connectivity index (χ1n) is 6.89. The fourth-order valence-corrected chi connectivity index (χ4v) is 3.36. The van der Waals surface area contributed by atoms with Gasteiger partial charge in [0.15, 0.2) is 0 Å². The maximum atomic E-state index is 3.51. The second-order valence-corrected chi connectivity index (χ2v) is 6.73. The Kier molecular flexibility index (Phi) is 6.14. The van der Waals surface area contributed by atoms with Gasteiger partial charge in [-0.05, 0) is 48.9 Å². The van der Waals surface area contributed by atoms with Gasteiger partial charge in [0, 0.05) is 21.2 Å². The van der Waals surface area contributed by atoms with E-state index in [2.05, 4.69) is 83.6 Å².